The number of ether oxygens (including phenoxy) is 2. The van der Waals surface area contributed by atoms with E-state index in [1.54, 1.807) is 39.8 Å². The van der Waals surface area contributed by atoms with Crippen molar-refractivity contribution >= 4 is 23.3 Å². The van der Waals surface area contributed by atoms with E-state index in [0.717, 1.165) is 16.1 Å². The molecule has 0 fully saturated rings. The lowest BCUT2D eigenvalue weighted by molar-refractivity contribution is -0.139. The molecule has 2 N–H and O–H groups in total. The van der Waals surface area contributed by atoms with Crippen molar-refractivity contribution in [3.05, 3.63) is 82.0 Å². The quantitative estimate of drug-likeness (QED) is 0.408. The average Bonchev–Trinajstić information content (AvgIpc) is 3.34. The van der Waals surface area contributed by atoms with E-state index in [1.165, 1.54) is 11.3 Å². The van der Waals surface area contributed by atoms with Crippen LogP contribution in [0.2, 0.25) is 0 Å². The molecular weight excluding hydrogens is 476 g/mol. The first-order valence-corrected chi connectivity index (χ1v) is 12.6. The van der Waals surface area contributed by atoms with E-state index in [2.05, 4.69) is 5.32 Å². The van der Waals surface area contributed by atoms with Crippen molar-refractivity contribution in [2.75, 3.05) is 13.2 Å². The molecule has 0 saturated heterocycles. The second-order valence-corrected chi connectivity index (χ2v) is 9.11. The van der Waals surface area contributed by atoms with Crippen LogP contribution >= 0.6 is 11.3 Å². The summed E-state index contributed by atoms with van der Waals surface area (Å²) in [6.07, 6.45) is 0. The summed E-state index contributed by atoms with van der Waals surface area (Å²) in [7, 11) is 0. The molecule has 2 aromatic carbocycles. The van der Waals surface area contributed by atoms with E-state index in [4.69, 9.17) is 14.5 Å². The Labute approximate surface area is 214 Å². The molecule has 0 bridgehead atoms. The molecule has 0 amide bonds. The van der Waals surface area contributed by atoms with Crippen LogP contribution in [0, 0.1) is 0 Å². The van der Waals surface area contributed by atoms with Gasteiger partial charge in [-0.15, -0.1) is 11.3 Å². The molecule has 36 heavy (non-hydrogen) atoms. The molecule has 2 heterocycles. The summed E-state index contributed by atoms with van der Waals surface area (Å²) in [4.78, 5) is 30.8. The van der Waals surface area contributed by atoms with E-state index in [9.17, 15) is 14.7 Å². The molecule has 0 spiro atoms. The van der Waals surface area contributed by atoms with Crippen molar-refractivity contribution in [3.8, 4) is 27.6 Å². The van der Waals surface area contributed by atoms with Crippen LogP contribution in [0.5, 0.6) is 5.75 Å². The number of carbonyl (C=O) groups is 2. The van der Waals surface area contributed by atoms with E-state index in [-0.39, 0.29) is 19.0 Å². The molecule has 0 radical (unpaired) electrons. The van der Waals surface area contributed by atoms with Crippen LogP contribution in [0.3, 0.4) is 0 Å². The molecule has 8 heteroatoms. The minimum absolute atomic E-state index is 0.164. The van der Waals surface area contributed by atoms with Gasteiger partial charge in [0.2, 0.25) is 0 Å². The first kappa shape index (κ1) is 25.2. The molecule has 3 aromatic rings. The van der Waals surface area contributed by atoms with Crippen LogP contribution in [0.25, 0.3) is 21.8 Å². The Hall–Kier alpha value is -3.91. The Morgan fingerprint density at radius 2 is 1.61 bits per heavy atom. The maximum absolute atomic E-state index is 13.0. The molecule has 0 aliphatic carbocycles. The molecule has 1 aliphatic rings. The number of phenols is 1. The fraction of sp³-hybridized carbons (Fsp3) is 0.250. The largest absolute Gasteiger partial charge is 0.507 e. The molecule has 0 atom stereocenters. The normalized spacial score (nSPS) is 14.0. The third kappa shape index (κ3) is 4.90. The van der Waals surface area contributed by atoms with Crippen LogP contribution in [0.15, 0.2) is 76.5 Å². The van der Waals surface area contributed by atoms with Gasteiger partial charge in [0.05, 0.1) is 36.0 Å². The Kier molecular flexibility index (Phi) is 7.55. The maximum atomic E-state index is 13.0. The van der Waals surface area contributed by atoms with Crippen molar-refractivity contribution in [2.24, 2.45) is 0 Å². The number of dihydropyridines is 1. The summed E-state index contributed by atoms with van der Waals surface area (Å²) in [6.45, 7) is 7.53. The zero-order chi connectivity index (χ0) is 25.8. The van der Waals surface area contributed by atoms with E-state index in [0.29, 0.717) is 33.8 Å². The van der Waals surface area contributed by atoms with Crippen molar-refractivity contribution < 1.29 is 24.2 Å². The summed E-state index contributed by atoms with van der Waals surface area (Å²) in [5.41, 5.74) is 4.91. The number of carbonyl (C=O) groups excluding carboxylic acids is 2. The Morgan fingerprint density at radius 3 is 2.22 bits per heavy atom. The summed E-state index contributed by atoms with van der Waals surface area (Å²) < 4.78 is 10.7. The molecule has 1 aromatic heterocycles. The third-order valence-electron chi connectivity index (χ3n) is 5.90. The number of benzene rings is 2. The number of thiazole rings is 1. The second kappa shape index (κ2) is 10.8. The Morgan fingerprint density at radius 1 is 0.972 bits per heavy atom. The van der Waals surface area contributed by atoms with Crippen molar-refractivity contribution in [2.45, 2.75) is 33.6 Å². The zero-order valence-electron chi connectivity index (χ0n) is 20.6. The predicted octanol–water partition coefficient (Wildman–Crippen LogP) is 5.54. The van der Waals surface area contributed by atoms with Crippen LogP contribution in [-0.2, 0) is 19.1 Å². The highest BCUT2D eigenvalue weighted by Gasteiger charge is 2.38. The number of nitrogens with one attached hydrogen (secondary N) is 1. The first-order chi connectivity index (χ1) is 17.3. The average molecular weight is 505 g/mol. The number of hydrogen-bond donors (Lipinski definition) is 2. The number of nitrogens with zero attached hydrogens (tertiary/aromatic N) is 1. The Bertz CT molecular complexity index is 1330. The number of phenolic OH excluding ortho intramolecular Hbond substituents is 1. The lowest BCUT2D eigenvalue weighted by Gasteiger charge is -2.30. The SMILES string of the molecule is CCOC(=O)C1=C(C)NC(C)=C(C(=O)OCC)C1c1cccc(-c2nc(-c3ccccc3O)cs2)c1. The van der Waals surface area contributed by atoms with Gasteiger partial charge in [0.25, 0.3) is 0 Å². The highest BCUT2D eigenvalue weighted by molar-refractivity contribution is 7.13. The lowest BCUT2D eigenvalue weighted by Crippen LogP contribution is -2.32. The van der Waals surface area contributed by atoms with Gasteiger partial charge >= 0.3 is 11.9 Å². The fourth-order valence-corrected chi connectivity index (χ4v) is 5.17. The van der Waals surface area contributed by atoms with Gasteiger partial charge in [-0.3, -0.25) is 0 Å². The minimum atomic E-state index is -0.665. The molecule has 4 rings (SSSR count). The smallest absolute Gasteiger partial charge is 0.336 e. The van der Waals surface area contributed by atoms with Gasteiger partial charge < -0.3 is 19.9 Å². The summed E-state index contributed by atoms with van der Waals surface area (Å²) in [5.74, 6) is -1.47. The van der Waals surface area contributed by atoms with Crippen molar-refractivity contribution in [1.29, 1.82) is 0 Å². The maximum Gasteiger partial charge on any atom is 0.336 e. The van der Waals surface area contributed by atoms with Gasteiger partial charge in [0.15, 0.2) is 0 Å². The van der Waals surface area contributed by atoms with Crippen LogP contribution in [0.1, 0.15) is 39.2 Å². The van der Waals surface area contributed by atoms with Crippen molar-refractivity contribution in [3.63, 3.8) is 0 Å². The van der Waals surface area contributed by atoms with Crippen molar-refractivity contribution in [1.82, 2.24) is 10.3 Å². The molecule has 7 nitrogen and oxygen atoms in total. The van der Waals surface area contributed by atoms with Gasteiger partial charge in [-0.2, -0.15) is 0 Å². The van der Waals surface area contributed by atoms with E-state index in [1.807, 2.05) is 41.8 Å². The summed E-state index contributed by atoms with van der Waals surface area (Å²) in [5, 5.41) is 16.0. The summed E-state index contributed by atoms with van der Waals surface area (Å²) in [6, 6.07) is 14.7. The molecule has 0 unspecified atom stereocenters. The van der Waals surface area contributed by atoms with Crippen LogP contribution in [0.4, 0.5) is 0 Å². The molecule has 0 saturated carbocycles. The highest BCUT2D eigenvalue weighted by Crippen LogP contribution is 2.41. The molecule has 1 aliphatic heterocycles. The number of aromatic nitrogens is 1. The van der Waals surface area contributed by atoms with E-state index < -0.39 is 17.9 Å². The Balaban J connectivity index is 1.80. The predicted molar refractivity (Wildman–Crippen MR) is 139 cm³/mol. The lowest BCUT2D eigenvalue weighted by atomic mass is 9.80. The van der Waals surface area contributed by atoms with Crippen LogP contribution < -0.4 is 5.32 Å². The van der Waals surface area contributed by atoms with E-state index >= 15 is 0 Å². The molecule has 186 valence electrons. The highest BCUT2D eigenvalue weighted by atomic mass is 32.1. The topological polar surface area (TPSA) is 97.8 Å². The summed E-state index contributed by atoms with van der Waals surface area (Å²) >= 11 is 1.45. The van der Waals surface area contributed by atoms with Gasteiger partial charge in [0.1, 0.15) is 10.8 Å². The number of esters is 2. The van der Waals surface area contributed by atoms with Gasteiger partial charge in [0, 0.05) is 27.9 Å². The van der Waals surface area contributed by atoms with Gasteiger partial charge in [-0.1, -0.05) is 30.3 Å². The fourth-order valence-electron chi connectivity index (χ4n) is 4.36. The monoisotopic (exact) mass is 504 g/mol. The number of para-hydroxylation sites is 1. The first-order valence-electron chi connectivity index (χ1n) is 11.7. The van der Waals surface area contributed by atoms with Gasteiger partial charge in [-0.25, -0.2) is 14.6 Å². The van der Waals surface area contributed by atoms with Gasteiger partial charge in [-0.05, 0) is 51.5 Å². The number of hydrogen-bond acceptors (Lipinski definition) is 8. The number of rotatable bonds is 7. The minimum Gasteiger partial charge on any atom is -0.507 e. The van der Waals surface area contributed by atoms with Crippen LogP contribution in [-0.4, -0.2) is 35.2 Å². The zero-order valence-corrected chi connectivity index (χ0v) is 21.4. The third-order valence-corrected chi connectivity index (χ3v) is 6.79. The number of aromatic hydroxyl groups is 1. The second-order valence-electron chi connectivity index (χ2n) is 8.26. The standard InChI is InChI=1S/C28H28N2O5S/c1-5-34-27(32)23-16(3)29-17(4)24(28(33)35-6-2)25(23)18-10-9-11-19(14-18)26-30-21(15-36-26)20-12-7-8-13-22(20)31/h7-15,25,29,31H,5-6H2,1-4H3. The molecular formula is C28H28N2O5S. The number of allylic oxidation sites excluding steroid dienone is 2.